The molecule has 2 rings (SSSR count). The van der Waals surface area contributed by atoms with Crippen molar-refractivity contribution in [1.29, 1.82) is 0 Å². The average Bonchev–Trinajstić information content (AvgIpc) is 3.46. The topological polar surface area (TPSA) is 195 Å². The van der Waals surface area contributed by atoms with E-state index in [4.69, 9.17) is 18.9 Å². The van der Waals surface area contributed by atoms with E-state index in [1.54, 1.807) is 19.9 Å². The number of carbonyl (C=O) groups excluding carboxylic acids is 6. The Morgan fingerprint density at radius 1 is 0.433 bits per heavy atom. The maximum Gasteiger partial charge on any atom is 0.490 e. The number of hydrogen-bond acceptors (Lipinski definition) is 16. The fourth-order valence-corrected chi connectivity index (χ4v) is 5.13. The van der Waals surface area contributed by atoms with Gasteiger partial charge in [0.1, 0.15) is 18.8 Å². The molecule has 9 atom stereocenters. The van der Waals surface area contributed by atoms with E-state index in [0.717, 1.165) is 11.6 Å². The molecule has 0 unspecified atom stereocenters. The lowest BCUT2D eigenvalue weighted by Gasteiger charge is -2.44. The van der Waals surface area contributed by atoms with E-state index in [1.807, 2.05) is 0 Å². The molecular weight excluding hydrogens is 994 g/mol. The van der Waals surface area contributed by atoms with Crippen molar-refractivity contribution in [3.05, 3.63) is 23.3 Å². The number of ether oxygens (including phenoxy) is 10. The van der Waals surface area contributed by atoms with E-state index in [-0.39, 0.29) is 6.42 Å². The second-order valence-electron chi connectivity index (χ2n) is 13.6. The number of carbonyl (C=O) groups is 6. The number of allylic oxidation sites excluding steroid dienone is 3. The van der Waals surface area contributed by atoms with Crippen molar-refractivity contribution < 1.29 is 155 Å². The van der Waals surface area contributed by atoms with Crippen molar-refractivity contribution in [3.8, 4) is 0 Å². The zero-order valence-corrected chi connectivity index (χ0v) is 33.2. The van der Waals surface area contributed by atoms with Crippen LogP contribution in [0.3, 0.4) is 0 Å². The Balaban J connectivity index is 2.84. The largest absolute Gasteiger partial charge is 0.490 e. The molecule has 2 aliphatic rings. The highest BCUT2D eigenvalue weighted by Crippen LogP contribution is 2.37. The minimum atomic E-state index is -6.26. The van der Waals surface area contributed by atoms with Gasteiger partial charge < -0.3 is 47.4 Å². The van der Waals surface area contributed by atoms with Gasteiger partial charge in [0.05, 0.1) is 13.2 Å². The van der Waals surface area contributed by atoms with Crippen LogP contribution in [0.5, 0.6) is 0 Å². The van der Waals surface area contributed by atoms with Crippen LogP contribution in [0, 0.1) is 0 Å². The summed E-state index contributed by atoms with van der Waals surface area (Å²) >= 11 is 0. The third kappa shape index (κ3) is 17.8. The Kier molecular flexibility index (Phi) is 19.3. The van der Waals surface area contributed by atoms with E-state index >= 15 is 0 Å². The van der Waals surface area contributed by atoms with Crippen LogP contribution in [0.25, 0.3) is 0 Å². The van der Waals surface area contributed by atoms with Gasteiger partial charge in [-0.15, -0.1) is 0 Å². The van der Waals surface area contributed by atoms with Gasteiger partial charge in [0.25, 0.3) is 0 Å². The van der Waals surface area contributed by atoms with E-state index in [0.29, 0.717) is 12.0 Å². The van der Waals surface area contributed by atoms with Gasteiger partial charge in [0, 0.05) is 0 Å². The van der Waals surface area contributed by atoms with Gasteiger partial charge in [-0.05, 0) is 33.6 Å². The van der Waals surface area contributed by atoms with Crippen LogP contribution < -0.4 is 0 Å². The molecule has 0 spiro atoms. The zero-order chi connectivity index (χ0) is 51.8. The van der Waals surface area contributed by atoms with Crippen LogP contribution in [0.2, 0.25) is 0 Å². The average molecular weight is 1020 g/mol. The van der Waals surface area contributed by atoms with Crippen LogP contribution in [0.15, 0.2) is 23.3 Å². The second kappa shape index (κ2) is 22.3. The molecule has 0 saturated carbocycles. The Labute approximate surface area is 360 Å². The summed E-state index contributed by atoms with van der Waals surface area (Å²) in [6.07, 6.45) is -63.0. The summed E-state index contributed by atoms with van der Waals surface area (Å²) in [6, 6.07) is 0. The Bertz CT molecular complexity index is 1830. The summed E-state index contributed by atoms with van der Waals surface area (Å²) in [6.45, 7) is -0.365. The smallest absolute Gasteiger partial charge is 0.456 e. The lowest BCUT2D eigenvalue weighted by atomic mass is 9.98. The molecule has 2 fully saturated rings. The molecule has 0 aromatic heterocycles. The molecule has 0 aromatic carbocycles. The molecule has 16 nitrogen and oxygen atoms in total. The molecule has 0 amide bonds. The highest BCUT2D eigenvalue weighted by molar-refractivity contribution is 5.79. The minimum absolute atomic E-state index is 0.182. The monoisotopic (exact) mass is 1020 g/mol. The lowest BCUT2D eigenvalue weighted by molar-refractivity contribution is -0.325. The van der Waals surface area contributed by atoms with Crippen molar-refractivity contribution in [2.45, 2.75) is 126 Å². The lowest BCUT2D eigenvalue weighted by Crippen LogP contribution is -2.64. The second-order valence-corrected chi connectivity index (χ2v) is 13.6. The highest BCUT2D eigenvalue weighted by atomic mass is 19.4. The Morgan fingerprint density at radius 3 is 1.15 bits per heavy atom. The molecule has 2 saturated heterocycles. The first kappa shape index (κ1) is 58.0. The summed E-state index contributed by atoms with van der Waals surface area (Å²) in [5.41, 5.74) is 1.16. The first-order chi connectivity index (χ1) is 30.2. The zero-order valence-electron chi connectivity index (χ0n) is 33.2. The summed E-state index contributed by atoms with van der Waals surface area (Å²) in [5, 5.41) is 0. The van der Waals surface area contributed by atoms with Gasteiger partial charge in [-0.25, -0.2) is 28.8 Å². The molecule has 2 aliphatic heterocycles. The van der Waals surface area contributed by atoms with Gasteiger partial charge >= 0.3 is 72.9 Å². The van der Waals surface area contributed by atoms with Gasteiger partial charge in [-0.3, -0.25) is 0 Å². The van der Waals surface area contributed by atoms with Gasteiger partial charge in [0.2, 0.25) is 0 Å². The molecule has 0 N–H and O–H groups in total. The predicted molar refractivity (Wildman–Crippen MR) is 168 cm³/mol. The van der Waals surface area contributed by atoms with Crippen LogP contribution in [-0.2, 0) is 76.1 Å². The summed E-state index contributed by atoms with van der Waals surface area (Å²) in [5.74, 6) is -20.6. The van der Waals surface area contributed by atoms with E-state index in [9.17, 15) is 108 Å². The summed E-state index contributed by atoms with van der Waals surface area (Å²) in [4.78, 5) is 71.0. The maximum atomic E-state index is 13.5. The van der Waals surface area contributed by atoms with Gasteiger partial charge in [0.15, 0.2) is 43.1 Å². The number of hydrogen-bond donors (Lipinski definition) is 0. The highest BCUT2D eigenvalue weighted by Gasteiger charge is 2.61. The summed E-state index contributed by atoms with van der Waals surface area (Å²) in [7, 11) is 0. The maximum absolute atomic E-state index is 13.5. The molecule has 0 bridgehead atoms. The molecule has 67 heavy (non-hydrogen) atoms. The predicted octanol–water partition coefficient (Wildman–Crippen LogP) is 5.64. The fourth-order valence-electron chi connectivity index (χ4n) is 5.13. The normalized spacial score (nSPS) is 25.4. The molecule has 0 aromatic rings. The number of halogens is 18. The van der Waals surface area contributed by atoms with Crippen LogP contribution >= 0.6 is 0 Å². The molecule has 0 aliphatic carbocycles. The first-order valence-electron chi connectivity index (χ1n) is 17.7. The number of alkyl halides is 18. The molecule has 34 heteroatoms. The number of rotatable bonds is 16. The third-order valence-corrected chi connectivity index (χ3v) is 8.05. The molecule has 0 radical (unpaired) electrons. The van der Waals surface area contributed by atoms with Crippen LogP contribution in [0.1, 0.15) is 33.6 Å². The quantitative estimate of drug-likeness (QED) is 0.0797. The Hall–Kier alpha value is -5.12. The van der Waals surface area contributed by atoms with E-state index in [2.05, 4.69) is 28.4 Å². The van der Waals surface area contributed by atoms with Gasteiger partial charge in [-0.2, -0.15) is 79.0 Å². The van der Waals surface area contributed by atoms with E-state index in [1.165, 1.54) is 6.92 Å². The van der Waals surface area contributed by atoms with Gasteiger partial charge in [-0.1, -0.05) is 23.3 Å². The van der Waals surface area contributed by atoms with E-state index < -0.39 is 148 Å². The fraction of sp³-hybridized carbons (Fsp3) is 0.697. The van der Waals surface area contributed by atoms with Crippen molar-refractivity contribution in [2.75, 3.05) is 19.8 Å². The van der Waals surface area contributed by atoms with Crippen LogP contribution in [0.4, 0.5) is 79.0 Å². The van der Waals surface area contributed by atoms with Crippen molar-refractivity contribution in [2.24, 2.45) is 0 Å². The molecule has 2 heterocycles. The standard InChI is InChI=1S/C33H30F18O16/c1-11(2)5-4-6-12(3)7-8-58-20-19(67-27(57)33(49,50)51)17(65-25(55)31(43,44)45)15(63-23(53)29(37,38)39)13(61-20)9-59-21-18(66-26(56)32(46,47)48)16(64-24(54)30(40,41)42)14(62-21)10-60-22(52)28(34,35)36/h5,7,13-21H,4,6,8-10H2,1-3H3/b12-7+/t13-,14-,15-,16-,17+,18+,19-,20-,21+/m1/s1. The minimum Gasteiger partial charge on any atom is -0.456 e. The first-order valence-corrected chi connectivity index (χ1v) is 17.7. The molecule has 384 valence electrons. The van der Waals surface area contributed by atoms with Crippen molar-refractivity contribution >= 4 is 35.8 Å². The SMILES string of the molecule is CC(C)=CCC/C(C)=C/CO[C@@H]1O[C@H](CO[C@H]2O[C@H](COC(=O)C(F)(F)F)[C@@H](OC(=O)C(F)(F)F)[C@@H]2OC(=O)C(F)(F)F)[C@@H](OC(=O)C(F)(F)F)[C@H](OC(=O)C(F)(F)F)[C@H]1OC(=O)C(F)(F)F. The van der Waals surface area contributed by atoms with Crippen molar-refractivity contribution in [1.82, 2.24) is 0 Å². The molecular formula is C33H30F18O16. The number of esters is 6. The summed E-state index contributed by atoms with van der Waals surface area (Å²) < 4.78 is 283. The van der Waals surface area contributed by atoms with Crippen LogP contribution in [-0.4, -0.2) is 148 Å². The Morgan fingerprint density at radius 2 is 0.761 bits per heavy atom. The van der Waals surface area contributed by atoms with Crippen molar-refractivity contribution in [3.63, 3.8) is 0 Å². The third-order valence-electron chi connectivity index (χ3n) is 8.05.